The molecule has 1 rings (SSSR count). The fourth-order valence-electron chi connectivity index (χ4n) is 2.80. The minimum Gasteiger partial charge on any atom is -0.433 e. The molecule has 0 aromatic heterocycles. The average molecular weight is 476 g/mol. The number of carbonyl (C=O) groups excluding carboxylic acids is 1. The van der Waals surface area contributed by atoms with Gasteiger partial charge in [0.15, 0.2) is 0 Å². The number of ether oxygens (including phenoxy) is 2. The fourth-order valence-corrected chi connectivity index (χ4v) is 2.80. The second kappa shape index (κ2) is 6.61. The standard InChI is InChI=1S/C13H9F13O4/c1-3-5(27)29-7(12(21,22)23)8(14,15)6(4-2,11(18,19)20)30-10(28,9(7,16)17)13(24,25)26/h3,28H,1,4H2,2H3. The Morgan fingerprint density at radius 3 is 1.63 bits per heavy atom. The van der Waals surface area contributed by atoms with Crippen LogP contribution in [-0.4, -0.2) is 58.4 Å². The largest absolute Gasteiger partial charge is 0.449 e. The van der Waals surface area contributed by atoms with E-state index < -0.39 is 65.8 Å². The van der Waals surface area contributed by atoms with Crippen LogP contribution in [0.4, 0.5) is 57.1 Å². The zero-order chi connectivity index (χ0) is 24.4. The zero-order valence-corrected chi connectivity index (χ0v) is 14.1. The van der Waals surface area contributed by atoms with Crippen molar-refractivity contribution in [1.82, 2.24) is 0 Å². The Labute approximate surface area is 157 Å². The number of rotatable bonds is 3. The van der Waals surface area contributed by atoms with Crippen molar-refractivity contribution in [3.63, 3.8) is 0 Å². The molecule has 1 heterocycles. The average Bonchev–Trinajstić information content (AvgIpc) is 2.51. The first kappa shape index (κ1) is 26.3. The predicted molar refractivity (Wildman–Crippen MR) is 66.1 cm³/mol. The van der Waals surface area contributed by atoms with E-state index in [0.29, 0.717) is 0 Å². The Morgan fingerprint density at radius 1 is 0.933 bits per heavy atom. The molecule has 0 amide bonds. The van der Waals surface area contributed by atoms with Crippen molar-refractivity contribution in [2.45, 2.75) is 60.7 Å². The number of aliphatic hydroxyl groups is 1. The fraction of sp³-hybridized carbons (Fsp3) is 0.769. The number of carbonyl (C=O) groups is 1. The molecule has 1 aliphatic heterocycles. The molecule has 1 N–H and O–H groups in total. The molecule has 17 heteroatoms. The third kappa shape index (κ3) is 2.80. The summed E-state index contributed by atoms with van der Waals surface area (Å²) in [6, 6.07) is 0. The minimum absolute atomic E-state index is 0.0852. The van der Waals surface area contributed by atoms with E-state index in [1.165, 1.54) is 0 Å². The Bertz CT molecular complexity index is 709. The highest BCUT2D eigenvalue weighted by Crippen LogP contribution is 2.70. The second-order valence-corrected chi connectivity index (χ2v) is 5.88. The molecule has 1 saturated heterocycles. The smallest absolute Gasteiger partial charge is 0.433 e. The van der Waals surface area contributed by atoms with Gasteiger partial charge in [0.2, 0.25) is 5.60 Å². The maximum Gasteiger partial charge on any atom is 0.449 e. The third-order valence-corrected chi connectivity index (χ3v) is 4.30. The van der Waals surface area contributed by atoms with Gasteiger partial charge in [-0.15, -0.1) is 0 Å². The van der Waals surface area contributed by atoms with E-state index in [2.05, 4.69) is 16.1 Å². The van der Waals surface area contributed by atoms with Crippen LogP contribution >= 0.6 is 0 Å². The van der Waals surface area contributed by atoms with Crippen LogP contribution in [0.3, 0.4) is 0 Å². The van der Waals surface area contributed by atoms with Gasteiger partial charge in [0.1, 0.15) is 0 Å². The van der Waals surface area contributed by atoms with Crippen LogP contribution in [0.1, 0.15) is 13.3 Å². The van der Waals surface area contributed by atoms with Gasteiger partial charge < -0.3 is 14.6 Å². The van der Waals surface area contributed by atoms with Crippen molar-refractivity contribution >= 4 is 5.97 Å². The van der Waals surface area contributed by atoms with Crippen LogP contribution < -0.4 is 0 Å². The number of esters is 1. The van der Waals surface area contributed by atoms with Gasteiger partial charge in [-0.05, 0) is 6.42 Å². The molecule has 176 valence electrons. The van der Waals surface area contributed by atoms with Crippen molar-refractivity contribution in [3.05, 3.63) is 12.7 Å². The lowest BCUT2D eigenvalue weighted by Crippen LogP contribution is -2.90. The summed E-state index contributed by atoms with van der Waals surface area (Å²) in [7, 11) is 0. The normalized spacial score (nSPS) is 34.4. The maximum atomic E-state index is 14.7. The number of halogens is 13. The van der Waals surface area contributed by atoms with Gasteiger partial charge in [-0.1, -0.05) is 13.5 Å². The van der Waals surface area contributed by atoms with Gasteiger partial charge in [-0.25, -0.2) is 4.79 Å². The lowest BCUT2D eigenvalue weighted by Gasteiger charge is -2.59. The summed E-state index contributed by atoms with van der Waals surface area (Å²) < 4.78 is 184. The Hall–Kier alpha value is -1.78. The van der Waals surface area contributed by atoms with Crippen molar-refractivity contribution in [3.8, 4) is 0 Å². The first-order valence-corrected chi connectivity index (χ1v) is 7.21. The van der Waals surface area contributed by atoms with Crippen LogP contribution in [0.2, 0.25) is 0 Å². The molecule has 0 bridgehead atoms. The van der Waals surface area contributed by atoms with Gasteiger partial charge >= 0.3 is 47.7 Å². The van der Waals surface area contributed by atoms with E-state index >= 15 is 0 Å². The molecule has 0 spiro atoms. The number of hydrogen-bond donors (Lipinski definition) is 1. The second-order valence-electron chi connectivity index (χ2n) is 5.88. The molecule has 0 aromatic rings. The topological polar surface area (TPSA) is 55.8 Å². The Kier molecular flexibility index (Phi) is 5.78. The highest BCUT2D eigenvalue weighted by atomic mass is 19.4. The molecule has 0 saturated carbocycles. The molecule has 30 heavy (non-hydrogen) atoms. The molecule has 3 unspecified atom stereocenters. The summed E-state index contributed by atoms with van der Waals surface area (Å²) in [6.45, 7) is 2.27. The van der Waals surface area contributed by atoms with Crippen molar-refractivity contribution in [2.75, 3.05) is 0 Å². The van der Waals surface area contributed by atoms with E-state index in [-0.39, 0.29) is 6.92 Å². The maximum absolute atomic E-state index is 14.7. The van der Waals surface area contributed by atoms with Crippen LogP contribution in [0.15, 0.2) is 12.7 Å². The molecular weight excluding hydrogens is 467 g/mol. The number of alkyl halides is 13. The van der Waals surface area contributed by atoms with E-state index in [1.807, 2.05) is 0 Å². The van der Waals surface area contributed by atoms with Gasteiger partial charge in [0.25, 0.3) is 0 Å². The highest BCUT2D eigenvalue weighted by Gasteiger charge is 3.02. The van der Waals surface area contributed by atoms with E-state index in [4.69, 9.17) is 0 Å². The Morgan fingerprint density at radius 2 is 1.37 bits per heavy atom. The highest BCUT2D eigenvalue weighted by molar-refractivity contribution is 5.82. The van der Waals surface area contributed by atoms with E-state index in [1.54, 1.807) is 0 Å². The lowest BCUT2D eigenvalue weighted by molar-refractivity contribution is -0.578. The zero-order valence-electron chi connectivity index (χ0n) is 14.1. The van der Waals surface area contributed by atoms with Gasteiger partial charge in [-0.3, -0.25) is 0 Å². The first-order valence-electron chi connectivity index (χ1n) is 7.21. The molecular formula is C13H9F13O4. The van der Waals surface area contributed by atoms with Gasteiger partial charge in [0.05, 0.1) is 0 Å². The third-order valence-electron chi connectivity index (χ3n) is 4.30. The lowest BCUT2D eigenvalue weighted by atomic mass is 9.69. The van der Waals surface area contributed by atoms with Crippen molar-refractivity contribution in [2.24, 2.45) is 0 Å². The summed E-state index contributed by atoms with van der Waals surface area (Å²) >= 11 is 0. The summed E-state index contributed by atoms with van der Waals surface area (Å²) in [4.78, 5) is 11.1. The van der Waals surface area contributed by atoms with E-state index in [0.717, 1.165) is 0 Å². The molecule has 0 aliphatic carbocycles. The molecule has 1 fully saturated rings. The van der Waals surface area contributed by atoms with E-state index in [9.17, 15) is 67.0 Å². The number of hydrogen-bond acceptors (Lipinski definition) is 4. The summed E-state index contributed by atoms with van der Waals surface area (Å²) in [6.07, 6.45) is -24.7. The monoisotopic (exact) mass is 476 g/mol. The van der Waals surface area contributed by atoms with Crippen LogP contribution in [0.5, 0.6) is 0 Å². The van der Waals surface area contributed by atoms with Crippen LogP contribution in [0.25, 0.3) is 0 Å². The predicted octanol–water partition coefficient (Wildman–Crippen LogP) is 4.28. The molecule has 3 atom stereocenters. The molecule has 1 aliphatic rings. The van der Waals surface area contributed by atoms with Crippen molar-refractivity contribution in [1.29, 1.82) is 0 Å². The van der Waals surface area contributed by atoms with Crippen molar-refractivity contribution < 1.29 is 76.5 Å². The first-order chi connectivity index (χ1) is 13.0. The summed E-state index contributed by atoms with van der Waals surface area (Å²) in [5.74, 6) is -24.3. The van der Waals surface area contributed by atoms with Crippen LogP contribution in [-0.2, 0) is 14.3 Å². The minimum atomic E-state index is -7.52. The molecule has 0 aromatic carbocycles. The molecule has 4 nitrogen and oxygen atoms in total. The van der Waals surface area contributed by atoms with Gasteiger partial charge in [-0.2, -0.15) is 57.1 Å². The summed E-state index contributed by atoms with van der Waals surface area (Å²) in [5, 5.41) is 9.23. The quantitative estimate of drug-likeness (QED) is 0.376. The van der Waals surface area contributed by atoms with Crippen LogP contribution in [0, 0.1) is 0 Å². The van der Waals surface area contributed by atoms with Gasteiger partial charge in [0, 0.05) is 6.08 Å². The Balaban J connectivity index is 4.36. The molecule has 0 radical (unpaired) electrons. The SMILES string of the molecule is C=CC(=O)OC1(C(F)(F)F)C(F)(F)C(O)(C(F)(F)F)OC(CC)(C(F)(F)F)C1(F)F. The summed E-state index contributed by atoms with van der Waals surface area (Å²) in [5.41, 5.74) is -13.2.